The maximum absolute atomic E-state index is 10.9. The number of nitrogens with two attached hydrogens (primary N) is 1. The van der Waals surface area contributed by atoms with E-state index in [4.69, 9.17) is 10.8 Å². The average molecular weight is 249 g/mol. The van der Waals surface area contributed by atoms with Gasteiger partial charge in [0.15, 0.2) is 0 Å². The zero-order chi connectivity index (χ0) is 13.3. The second-order valence-corrected chi connectivity index (χ2v) is 3.87. The monoisotopic (exact) mass is 249 g/mol. The van der Waals surface area contributed by atoms with Gasteiger partial charge in [0.1, 0.15) is 11.3 Å². The maximum Gasteiger partial charge on any atom is 0.303 e. The minimum Gasteiger partial charge on any atom is -0.481 e. The molecule has 4 N–H and O–H groups in total. The summed E-state index contributed by atoms with van der Waals surface area (Å²) in [5.74, 6) is -0.658. The lowest BCUT2D eigenvalue weighted by atomic mass is 10.1. The third-order valence-electron chi connectivity index (χ3n) is 2.74. The number of nitro groups is 1. The zero-order valence-corrected chi connectivity index (χ0v) is 9.34. The Morgan fingerprint density at radius 3 is 2.83 bits per heavy atom. The van der Waals surface area contributed by atoms with Crippen LogP contribution in [0.4, 0.5) is 11.5 Å². The molecule has 0 aliphatic carbocycles. The molecule has 1 aromatic heterocycles. The summed E-state index contributed by atoms with van der Waals surface area (Å²) in [7, 11) is 0. The number of non-ortho nitro benzene ring substituents is 1. The van der Waals surface area contributed by atoms with Gasteiger partial charge in [0.2, 0.25) is 0 Å². The molecular weight excluding hydrogens is 238 g/mol. The van der Waals surface area contributed by atoms with Crippen LogP contribution < -0.4 is 5.73 Å². The van der Waals surface area contributed by atoms with Crippen molar-refractivity contribution in [3.8, 4) is 0 Å². The number of rotatable bonds is 4. The molecule has 2 aromatic rings. The molecule has 7 heteroatoms. The van der Waals surface area contributed by atoms with Crippen molar-refractivity contribution < 1.29 is 14.8 Å². The SMILES string of the molecule is Nc1[nH]c2c([N+](=O)[O-])cccc2c1CCC(=O)O. The number of aliphatic carboxylic acids is 1. The number of benzene rings is 1. The van der Waals surface area contributed by atoms with Crippen LogP contribution in [-0.2, 0) is 11.2 Å². The summed E-state index contributed by atoms with van der Waals surface area (Å²) in [5, 5.41) is 20.1. The minimum absolute atomic E-state index is 0.0687. The quantitative estimate of drug-likeness (QED) is 0.562. The number of anilines is 1. The van der Waals surface area contributed by atoms with Gasteiger partial charge in [0, 0.05) is 23.4 Å². The highest BCUT2D eigenvalue weighted by Gasteiger charge is 2.18. The third kappa shape index (κ3) is 1.97. The molecule has 2 rings (SSSR count). The second-order valence-electron chi connectivity index (χ2n) is 3.87. The first-order valence-corrected chi connectivity index (χ1v) is 5.26. The molecule has 94 valence electrons. The minimum atomic E-state index is -0.936. The number of fused-ring (bicyclic) bond motifs is 1. The topological polar surface area (TPSA) is 122 Å². The Labute approximate surface area is 101 Å². The Morgan fingerprint density at radius 1 is 1.50 bits per heavy atom. The first kappa shape index (κ1) is 11.9. The van der Waals surface area contributed by atoms with Gasteiger partial charge >= 0.3 is 5.97 Å². The number of nitro benzene ring substituents is 1. The van der Waals surface area contributed by atoms with E-state index in [0.717, 1.165) is 0 Å². The lowest BCUT2D eigenvalue weighted by molar-refractivity contribution is -0.383. The van der Waals surface area contributed by atoms with Crippen molar-refractivity contribution in [3.05, 3.63) is 33.9 Å². The first-order valence-electron chi connectivity index (χ1n) is 5.26. The van der Waals surface area contributed by atoms with Gasteiger partial charge < -0.3 is 15.8 Å². The molecule has 0 bridgehead atoms. The molecular formula is C11H11N3O4. The second kappa shape index (κ2) is 4.36. The molecule has 0 atom stereocenters. The molecule has 7 nitrogen and oxygen atoms in total. The van der Waals surface area contributed by atoms with E-state index in [1.54, 1.807) is 12.1 Å². The number of hydrogen-bond acceptors (Lipinski definition) is 4. The van der Waals surface area contributed by atoms with Crippen LogP contribution in [0.15, 0.2) is 18.2 Å². The van der Waals surface area contributed by atoms with Crippen molar-refractivity contribution in [1.82, 2.24) is 4.98 Å². The average Bonchev–Trinajstić information content (AvgIpc) is 2.61. The number of aryl methyl sites for hydroxylation is 1. The van der Waals surface area contributed by atoms with Crippen LogP contribution in [0, 0.1) is 10.1 Å². The highest BCUT2D eigenvalue weighted by Crippen LogP contribution is 2.31. The Hall–Kier alpha value is -2.57. The van der Waals surface area contributed by atoms with Gasteiger partial charge in [-0.3, -0.25) is 14.9 Å². The Morgan fingerprint density at radius 2 is 2.22 bits per heavy atom. The van der Waals surface area contributed by atoms with Gasteiger partial charge in [-0.1, -0.05) is 12.1 Å². The molecule has 0 aliphatic rings. The molecule has 0 unspecified atom stereocenters. The van der Waals surface area contributed by atoms with E-state index < -0.39 is 10.9 Å². The molecule has 0 amide bonds. The molecule has 18 heavy (non-hydrogen) atoms. The van der Waals surface area contributed by atoms with E-state index in [1.807, 2.05) is 0 Å². The number of aromatic nitrogens is 1. The summed E-state index contributed by atoms with van der Waals surface area (Å²) in [4.78, 5) is 23.7. The molecule has 0 radical (unpaired) electrons. The zero-order valence-electron chi connectivity index (χ0n) is 9.34. The van der Waals surface area contributed by atoms with Crippen molar-refractivity contribution >= 4 is 28.4 Å². The number of hydrogen-bond donors (Lipinski definition) is 3. The number of aromatic amines is 1. The van der Waals surface area contributed by atoms with E-state index in [9.17, 15) is 14.9 Å². The number of carboxylic acids is 1. The van der Waals surface area contributed by atoms with E-state index in [1.165, 1.54) is 6.07 Å². The van der Waals surface area contributed by atoms with Crippen molar-refractivity contribution in [2.24, 2.45) is 0 Å². The summed E-state index contributed by atoms with van der Waals surface area (Å²) in [6.45, 7) is 0. The molecule has 0 saturated carbocycles. The van der Waals surface area contributed by atoms with Crippen LogP contribution in [0.3, 0.4) is 0 Å². The predicted molar refractivity (Wildman–Crippen MR) is 65.3 cm³/mol. The Balaban J connectivity index is 2.54. The van der Waals surface area contributed by atoms with E-state index in [0.29, 0.717) is 16.5 Å². The largest absolute Gasteiger partial charge is 0.481 e. The van der Waals surface area contributed by atoms with Crippen LogP contribution in [-0.4, -0.2) is 21.0 Å². The molecule has 0 saturated heterocycles. The molecule has 0 aliphatic heterocycles. The third-order valence-corrected chi connectivity index (χ3v) is 2.74. The van der Waals surface area contributed by atoms with Crippen molar-refractivity contribution in [2.45, 2.75) is 12.8 Å². The summed E-state index contributed by atoms with van der Waals surface area (Å²) in [6, 6.07) is 4.61. The van der Waals surface area contributed by atoms with Crippen LogP contribution in [0.2, 0.25) is 0 Å². The van der Waals surface area contributed by atoms with Crippen LogP contribution in [0.5, 0.6) is 0 Å². The van der Waals surface area contributed by atoms with Gasteiger partial charge in [0.25, 0.3) is 5.69 Å². The number of para-hydroxylation sites is 1. The van der Waals surface area contributed by atoms with Gasteiger partial charge in [-0.2, -0.15) is 0 Å². The van der Waals surface area contributed by atoms with Crippen LogP contribution >= 0.6 is 0 Å². The van der Waals surface area contributed by atoms with Crippen molar-refractivity contribution in [3.63, 3.8) is 0 Å². The summed E-state index contributed by atoms with van der Waals surface area (Å²) < 4.78 is 0. The highest BCUT2D eigenvalue weighted by atomic mass is 16.6. The lowest BCUT2D eigenvalue weighted by Gasteiger charge is -1.98. The van der Waals surface area contributed by atoms with E-state index in [-0.39, 0.29) is 24.3 Å². The lowest BCUT2D eigenvalue weighted by Crippen LogP contribution is -1.99. The number of nitrogens with zero attached hydrogens (tertiary/aromatic N) is 1. The number of carboxylic acid groups (broad SMARTS) is 1. The normalized spacial score (nSPS) is 10.7. The van der Waals surface area contributed by atoms with Crippen LogP contribution in [0.1, 0.15) is 12.0 Å². The fourth-order valence-electron chi connectivity index (χ4n) is 1.93. The standard InChI is InChI=1S/C11H11N3O4/c12-11-7(4-5-9(15)16)6-2-1-3-8(14(17)18)10(6)13-11/h1-3,13H,4-5,12H2,(H,15,16). The van der Waals surface area contributed by atoms with Crippen molar-refractivity contribution in [2.75, 3.05) is 5.73 Å². The fourth-order valence-corrected chi connectivity index (χ4v) is 1.93. The number of nitrogen functional groups attached to an aromatic ring is 1. The molecule has 1 heterocycles. The van der Waals surface area contributed by atoms with Gasteiger partial charge in [-0.15, -0.1) is 0 Å². The van der Waals surface area contributed by atoms with Gasteiger partial charge in [0.05, 0.1) is 4.92 Å². The van der Waals surface area contributed by atoms with Crippen LogP contribution in [0.25, 0.3) is 10.9 Å². The van der Waals surface area contributed by atoms with Gasteiger partial charge in [-0.05, 0) is 6.42 Å². The number of carbonyl (C=O) groups is 1. The molecule has 1 aromatic carbocycles. The van der Waals surface area contributed by atoms with E-state index >= 15 is 0 Å². The molecule has 0 fully saturated rings. The number of nitrogens with one attached hydrogen (secondary N) is 1. The summed E-state index contributed by atoms with van der Waals surface area (Å²) in [6.07, 6.45) is 0.169. The number of H-pyrrole nitrogens is 1. The highest BCUT2D eigenvalue weighted by molar-refractivity contribution is 5.94. The molecule has 0 spiro atoms. The summed E-state index contributed by atoms with van der Waals surface area (Å²) >= 11 is 0. The van der Waals surface area contributed by atoms with E-state index in [2.05, 4.69) is 4.98 Å². The smallest absolute Gasteiger partial charge is 0.303 e. The van der Waals surface area contributed by atoms with Gasteiger partial charge in [-0.25, -0.2) is 0 Å². The predicted octanol–water partition coefficient (Wildman–Crippen LogP) is 1.68. The Bertz CT molecular complexity index is 632. The maximum atomic E-state index is 10.9. The first-order chi connectivity index (χ1) is 8.50. The summed E-state index contributed by atoms with van der Waals surface area (Å²) in [5.41, 5.74) is 6.61. The fraction of sp³-hybridized carbons (Fsp3) is 0.182. The Kier molecular flexibility index (Phi) is 2.88. The van der Waals surface area contributed by atoms with Crippen molar-refractivity contribution in [1.29, 1.82) is 0 Å².